The van der Waals surface area contributed by atoms with Crippen LogP contribution < -0.4 is 10.6 Å². The number of aryl methyl sites for hydroxylation is 2. The molecule has 0 spiro atoms. The molecule has 1 rings (SSSR count). The Balaban J connectivity index is 2.98. The highest BCUT2D eigenvalue weighted by Gasteiger charge is 2.14. The molecule has 5 heteroatoms. The summed E-state index contributed by atoms with van der Waals surface area (Å²) in [7, 11) is 1.39. The zero-order chi connectivity index (χ0) is 12.3. The number of rotatable bonds is 1. The summed E-state index contributed by atoms with van der Waals surface area (Å²) in [5.41, 5.74) is 2.29. The maximum absolute atomic E-state index is 11.4. The first kappa shape index (κ1) is 12.5. The molecule has 0 aliphatic heterocycles. The van der Waals surface area contributed by atoms with Crippen LogP contribution in [0.25, 0.3) is 0 Å². The number of nitrogens with one attached hydrogen (secondary N) is 2. The van der Waals surface area contributed by atoms with E-state index in [9.17, 15) is 9.59 Å². The molecule has 0 aliphatic rings. The third-order valence-electron chi connectivity index (χ3n) is 2.10. The molecule has 0 fully saturated rings. The lowest BCUT2D eigenvalue weighted by atomic mass is 10.1. The van der Waals surface area contributed by atoms with E-state index in [1.807, 2.05) is 19.9 Å². The molecule has 0 saturated heterocycles. The van der Waals surface area contributed by atoms with Crippen molar-refractivity contribution in [3.05, 3.63) is 28.3 Å². The summed E-state index contributed by atoms with van der Waals surface area (Å²) in [6.07, 6.45) is 0. The molecule has 16 heavy (non-hydrogen) atoms. The molecule has 0 unspecified atom stereocenters. The summed E-state index contributed by atoms with van der Waals surface area (Å²) in [6, 6.07) is 3.61. The Morgan fingerprint density at radius 2 is 1.81 bits per heavy atom. The molecule has 86 valence electrons. The van der Waals surface area contributed by atoms with Crippen LogP contribution in [-0.4, -0.2) is 18.9 Å². The molecule has 0 aliphatic carbocycles. The molecule has 0 radical (unpaired) electrons. The van der Waals surface area contributed by atoms with Crippen LogP contribution in [-0.2, 0) is 9.59 Å². The van der Waals surface area contributed by atoms with Crippen molar-refractivity contribution < 1.29 is 9.59 Å². The number of benzene rings is 1. The molecule has 2 amide bonds. The van der Waals surface area contributed by atoms with E-state index in [0.717, 1.165) is 11.1 Å². The van der Waals surface area contributed by atoms with Crippen LogP contribution >= 0.6 is 11.6 Å². The zero-order valence-electron chi connectivity index (χ0n) is 9.35. The van der Waals surface area contributed by atoms with Gasteiger partial charge in [0, 0.05) is 7.05 Å². The Hall–Kier alpha value is -1.55. The number of carbonyl (C=O) groups is 2. The van der Waals surface area contributed by atoms with Gasteiger partial charge in [0.15, 0.2) is 0 Å². The average molecular weight is 241 g/mol. The van der Waals surface area contributed by atoms with Crippen molar-refractivity contribution in [1.29, 1.82) is 0 Å². The number of likely N-dealkylation sites (N-methyl/N-ethyl adjacent to an activating group) is 1. The highest BCUT2D eigenvalue weighted by molar-refractivity contribution is 6.41. The molecule has 4 nitrogen and oxygen atoms in total. The Labute approximate surface area is 99.0 Å². The zero-order valence-corrected chi connectivity index (χ0v) is 10.1. The normalized spacial score (nSPS) is 9.75. The van der Waals surface area contributed by atoms with Crippen LogP contribution in [0.4, 0.5) is 5.69 Å². The van der Waals surface area contributed by atoms with Gasteiger partial charge in [0.05, 0.1) is 10.7 Å². The van der Waals surface area contributed by atoms with Gasteiger partial charge in [0.2, 0.25) is 0 Å². The first-order valence-corrected chi connectivity index (χ1v) is 5.13. The van der Waals surface area contributed by atoms with Crippen molar-refractivity contribution in [1.82, 2.24) is 5.32 Å². The molecule has 0 bridgehead atoms. The van der Waals surface area contributed by atoms with Gasteiger partial charge in [0.1, 0.15) is 0 Å². The van der Waals surface area contributed by atoms with Gasteiger partial charge < -0.3 is 10.6 Å². The smallest absolute Gasteiger partial charge is 0.313 e. The summed E-state index contributed by atoms with van der Waals surface area (Å²) in [4.78, 5) is 22.4. The van der Waals surface area contributed by atoms with Gasteiger partial charge in [-0.2, -0.15) is 0 Å². The Morgan fingerprint density at radius 1 is 1.19 bits per heavy atom. The SMILES string of the molecule is CNC(=O)C(=O)Nc1c(C)cc(C)cc1Cl. The number of hydrogen-bond donors (Lipinski definition) is 2. The van der Waals surface area contributed by atoms with Crippen LogP contribution in [0.15, 0.2) is 12.1 Å². The van der Waals surface area contributed by atoms with Crippen LogP contribution in [0, 0.1) is 13.8 Å². The minimum Gasteiger partial charge on any atom is -0.351 e. The minimum atomic E-state index is -0.726. The summed E-state index contributed by atoms with van der Waals surface area (Å²) >= 11 is 5.98. The molecular weight excluding hydrogens is 228 g/mol. The first-order valence-electron chi connectivity index (χ1n) is 4.75. The van der Waals surface area contributed by atoms with E-state index in [1.165, 1.54) is 7.05 Å². The van der Waals surface area contributed by atoms with Crippen LogP contribution in [0.2, 0.25) is 5.02 Å². The quantitative estimate of drug-likeness (QED) is 0.734. The highest BCUT2D eigenvalue weighted by Crippen LogP contribution is 2.27. The highest BCUT2D eigenvalue weighted by atomic mass is 35.5. The fourth-order valence-electron chi connectivity index (χ4n) is 1.36. The average Bonchev–Trinajstić information content (AvgIpc) is 2.21. The Morgan fingerprint density at radius 3 is 2.31 bits per heavy atom. The van der Waals surface area contributed by atoms with Crippen molar-refractivity contribution in [3.63, 3.8) is 0 Å². The maximum Gasteiger partial charge on any atom is 0.313 e. The lowest BCUT2D eigenvalue weighted by molar-refractivity contribution is -0.135. The summed E-state index contributed by atoms with van der Waals surface area (Å²) in [5.74, 6) is -1.42. The standard InChI is InChI=1S/C11H13ClN2O2/c1-6-4-7(2)9(8(12)5-6)14-11(16)10(15)13-3/h4-5H,1-3H3,(H,13,15)(H,14,16). The van der Waals surface area contributed by atoms with E-state index in [1.54, 1.807) is 6.07 Å². The van der Waals surface area contributed by atoms with Gasteiger partial charge >= 0.3 is 11.8 Å². The van der Waals surface area contributed by atoms with Crippen molar-refractivity contribution in [3.8, 4) is 0 Å². The fraction of sp³-hybridized carbons (Fsp3) is 0.273. The van der Waals surface area contributed by atoms with Gasteiger partial charge in [-0.15, -0.1) is 0 Å². The molecule has 1 aromatic rings. The molecule has 0 heterocycles. The Bertz CT molecular complexity index is 421. The van der Waals surface area contributed by atoms with Crippen LogP contribution in [0.1, 0.15) is 11.1 Å². The minimum absolute atomic E-state index is 0.426. The molecule has 0 aromatic heterocycles. The van der Waals surface area contributed by atoms with E-state index in [-0.39, 0.29) is 0 Å². The second-order valence-electron chi connectivity index (χ2n) is 3.47. The fourth-order valence-corrected chi connectivity index (χ4v) is 1.73. The maximum atomic E-state index is 11.4. The summed E-state index contributed by atoms with van der Waals surface area (Å²) in [6.45, 7) is 3.72. The van der Waals surface area contributed by atoms with E-state index >= 15 is 0 Å². The predicted octanol–water partition coefficient (Wildman–Crippen LogP) is 1.64. The van der Waals surface area contributed by atoms with Crippen molar-refractivity contribution in [2.24, 2.45) is 0 Å². The third kappa shape index (κ3) is 2.73. The van der Waals surface area contributed by atoms with Gasteiger partial charge in [-0.25, -0.2) is 0 Å². The summed E-state index contributed by atoms with van der Waals surface area (Å²) < 4.78 is 0. The van der Waals surface area contributed by atoms with Gasteiger partial charge in [0.25, 0.3) is 0 Å². The van der Waals surface area contributed by atoms with Crippen LogP contribution in [0.3, 0.4) is 0 Å². The lowest BCUT2D eigenvalue weighted by Crippen LogP contribution is -2.33. The number of hydrogen-bond acceptors (Lipinski definition) is 2. The first-order chi connectivity index (χ1) is 7.45. The second kappa shape index (κ2) is 4.99. The van der Waals surface area contributed by atoms with Crippen molar-refractivity contribution in [2.45, 2.75) is 13.8 Å². The van der Waals surface area contributed by atoms with E-state index < -0.39 is 11.8 Å². The van der Waals surface area contributed by atoms with Gasteiger partial charge in [-0.05, 0) is 31.0 Å². The number of halogens is 1. The summed E-state index contributed by atoms with van der Waals surface area (Å²) in [5, 5.41) is 5.14. The van der Waals surface area contributed by atoms with Crippen molar-refractivity contribution in [2.75, 3.05) is 12.4 Å². The second-order valence-corrected chi connectivity index (χ2v) is 3.88. The number of amides is 2. The molecule has 1 aromatic carbocycles. The lowest BCUT2D eigenvalue weighted by Gasteiger charge is -2.10. The van der Waals surface area contributed by atoms with E-state index in [4.69, 9.17) is 11.6 Å². The molecule has 0 saturated carbocycles. The van der Waals surface area contributed by atoms with Crippen LogP contribution in [0.5, 0.6) is 0 Å². The Kier molecular flexibility index (Phi) is 3.90. The third-order valence-corrected chi connectivity index (χ3v) is 2.40. The largest absolute Gasteiger partial charge is 0.351 e. The molecular formula is C11H13ClN2O2. The van der Waals surface area contributed by atoms with Crippen molar-refractivity contribution >= 4 is 29.1 Å². The molecule has 0 atom stereocenters. The topological polar surface area (TPSA) is 58.2 Å². The number of anilines is 1. The van der Waals surface area contributed by atoms with Gasteiger partial charge in [-0.1, -0.05) is 17.7 Å². The predicted molar refractivity (Wildman–Crippen MR) is 63.6 cm³/mol. The van der Waals surface area contributed by atoms with E-state index in [0.29, 0.717) is 10.7 Å². The van der Waals surface area contributed by atoms with Gasteiger partial charge in [-0.3, -0.25) is 9.59 Å². The monoisotopic (exact) mass is 240 g/mol. The number of carbonyl (C=O) groups excluding carboxylic acids is 2. The van der Waals surface area contributed by atoms with E-state index in [2.05, 4.69) is 10.6 Å². The molecule has 2 N–H and O–H groups in total.